The number of aromatic nitrogens is 1. The molecule has 0 aliphatic rings. The second-order valence-electron chi connectivity index (χ2n) is 2.11. The third kappa shape index (κ3) is 5.88. The quantitative estimate of drug-likeness (QED) is 0.517. The molecule has 70 valence electrons. The van der Waals surface area contributed by atoms with Crippen LogP contribution in [0.15, 0.2) is 24.9 Å². The van der Waals surface area contributed by atoms with E-state index in [1.807, 2.05) is 39.0 Å². The van der Waals surface area contributed by atoms with Gasteiger partial charge < -0.3 is 0 Å². The molecule has 0 saturated carbocycles. The molecule has 0 unspecified atom stereocenters. The van der Waals surface area contributed by atoms with Crippen LogP contribution in [-0.4, -0.2) is 4.98 Å². The minimum absolute atomic E-state index is 0. The van der Waals surface area contributed by atoms with Crippen molar-refractivity contribution in [3.05, 3.63) is 42.2 Å². The van der Waals surface area contributed by atoms with Gasteiger partial charge >= 0.3 is 51.4 Å². The monoisotopic (exact) mass is 213 g/mol. The van der Waals surface area contributed by atoms with Crippen LogP contribution in [0.4, 0.5) is 0 Å². The van der Waals surface area contributed by atoms with E-state index >= 15 is 0 Å². The van der Waals surface area contributed by atoms with Crippen LogP contribution in [0.5, 0.6) is 0 Å². The Kier molecular flexibility index (Phi) is 13.5. The molecule has 2 heteroatoms. The van der Waals surface area contributed by atoms with Crippen molar-refractivity contribution in [3.63, 3.8) is 0 Å². The van der Waals surface area contributed by atoms with Gasteiger partial charge in [-0.25, -0.2) is 12.1 Å². The average molecular weight is 213 g/mol. The van der Waals surface area contributed by atoms with E-state index in [4.69, 9.17) is 0 Å². The molecule has 0 aromatic carbocycles. The second kappa shape index (κ2) is 11.3. The van der Waals surface area contributed by atoms with E-state index in [2.05, 4.69) is 17.6 Å². The summed E-state index contributed by atoms with van der Waals surface area (Å²) in [6, 6.07) is 4.80. The zero-order valence-corrected chi connectivity index (χ0v) is 12.7. The van der Waals surface area contributed by atoms with Crippen molar-refractivity contribution in [1.29, 1.82) is 0 Å². The molecule has 1 aromatic rings. The molecule has 0 spiro atoms. The van der Waals surface area contributed by atoms with Gasteiger partial charge in [0.1, 0.15) is 0 Å². The summed E-state index contributed by atoms with van der Waals surface area (Å²) in [7, 11) is 0. The maximum atomic E-state index is 4.09. The minimum Gasteiger partial charge on any atom is -0.296 e. The Morgan fingerprint density at radius 3 is 2.57 bits per heavy atom. The van der Waals surface area contributed by atoms with Crippen molar-refractivity contribution >= 4 is 12.2 Å². The Morgan fingerprint density at radius 2 is 2.07 bits per heavy atom. The van der Waals surface area contributed by atoms with Gasteiger partial charge in [0.15, 0.2) is 0 Å². The Bertz CT molecular complexity index is 279. The smallest absolute Gasteiger partial charge is 0.296 e. The molecular formula is C12H16KN. The summed E-state index contributed by atoms with van der Waals surface area (Å²) in [5, 5.41) is 0. The molecule has 1 heterocycles. The van der Waals surface area contributed by atoms with E-state index in [-0.39, 0.29) is 51.4 Å². The predicted octanol–water partition coefficient (Wildman–Crippen LogP) is 0.588. The molecule has 0 amide bonds. The fourth-order valence-electron chi connectivity index (χ4n) is 0.866. The Balaban J connectivity index is 0. The summed E-state index contributed by atoms with van der Waals surface area (Å²) in [4.78, 5) is 4.09. The fourth-order valence-corrected chi connectivity index (χ4v) is 0.866. The number of hydrogen-bond acceptors (Lipinski definition) is 1. The van der Waals surface area contributed by atoms with E-state index < -0.39 is 0 Å². The summed E-state index contributed by atoms with van der Waals surface area (Å²) < 4.78 is 0. The topological polar surface area (TPSA) is 12.9 Å². The van der Waals surface area contributed by atoms with E-state index in [0.29, 0.717) is 0 Å². The summed E-state index contributed by atoms with van der Waals surface area (Å²) in [6.07, 6.45) is 7.34. The van der Waals surface area contributed by atoms with Crippen molar-refractivity contribution < 1.29 is 51.4 Å². The van der Waals surface area contributed by atoms with Crippen molar-refractivity contribution in [3.8, 4) is 0 Å². The Hall–Kier alpha value is 0.266. The van der Waals surface area contributed by atoms with Crippen molar-refractivity contribution in [2.75, 3.05) is 0 Å². The first kappa shape index (κ1) is 16.7. The van der Waals surface area contributed by atoms with Gasteiger partial charge in [-0.1, -0.05) is 32.7 Å². The van der Waals surface area contributed by atoms with Gasteiger partial charge in [0.25, 0.3) is 0 Å². The molecule has 0 aliphatic carbocycles. The van der Waals surface area contributed by atoms with Gasteiger partial charge in [0.2, 0.25) is 0 Å². The zero-order valence-electron chi connectivity index (χ0n) is 9.54. The molecule has 0 saturated heterocycles. The SMILES string of the molecule is C=Cc1nc[c-]cc1/C=C\C.CC.[K+]. The fraction of sp³-hybridized carbons (Fsp3) is 0.250. The first-order valence-electron chi connectivity index (χ1n) is 4.49. The molecule has 1 nitrogen and oxygen atoms in total. The van der Waals surface area contributed by atoms with Gasteiger partial charge in [-0.15, -0.1) is 17.7 Å². The van der Waals surface area contributed by atoms with Crippen molar-refractivity contribution in [1.82, 2.24) is 4.98 Å². The molecule has 0 N–H and O–H groups in total. The van der Waals surface area contributed by atoms with E-state index in [1.54, 1.807) is 12.3 Å². The summed E-state index contributed by atoms with van der Waals surface area (Å²) in [5.74, 6) is 0. The molecule has 0 radical (unpaired) electrons. The van der Waals surface area contributed by atoms with Crippen LogP contribution in [0.1, 0.15) is 32.0 Å². The molecule has 0 bridgehead atoms. The summed E-state index contributed by atoms with van der Waals surface area (Å²) in [6.45, 7) is 9.64. The minimum atomic E-state index is 0. The van der Waals surface area contributed by atoms with Gasteiger partial charge in [-0.3, -0.25) is 4.98 Å². The molecule has 0 aliphatic heterocycles. The number of nitrogens with zero attached hydrogens (tertiary/aromatic N) is 1. The normalized spacial score (nSPS) is 8.50. The first-order valence-corrected chi connectivity index (χ1v) is 4.49. The van der Waals surface area contributed by atoms with Crippen LogP contribution in [0, 0.1) is 6.07 Å². The molecular weight excluding hydrogens is 197 g/mol. The summed E-state index contributed by atoms with van der Waals surface area (Å²) >= 11 is 0. The number of rotatable bonds is 2. The van der Waals surface area contributed by atoms with E-state index in [9.17, 15) is 0 Å². The van der Waals surface area contributed by atoms with Crippen molar-refractivity contribution in [2.24, 2.45) is 0 Å². The third-order valence-electron chi connectivity index (χ3n) is 1.35. The molecule has 0 fully saturated rings. The number of hydrogen-bond donors (Lipinski definition) is 0. The van der Waals surface area contributed by atoms with E-state index in [0.717, 1.165) is 11.3 Å². The van der Waals surface area contributed by atoms with Crippen LogP contribution in [0.2, 0.25) is 0 Å². The van der Waals surface area contributed by atoms with Crippen LogP contribution in [0.25, 0.3) is 12.2 Å². The molecule has 14 heavy (non-hydrogen) atoms. The van der Waals surface area contributed by atoms with Crippen LogP contribution in [-0.2, 0) is 0 Å². The third-order valence-corrected chi connectivity index (χ3v) is 1.35. The van der Waals surface area contributed by atoms with Gasteiger partial charge in [-0.2, -0.15) is 0 Å². The van der Waals surface area contributed by atoms with Gasteiger partial charge in [0.05, 0.1) is 0 Å². The first-order chi connectivity index (χ1) is 6.38. The standard InChI is InChI=1S/C10H10N.C2H6.K/c1-3-6-9-7-5-8-11-10(9)4-2;1-2;/h3-4,6-8H,2H2,1H3;1-2H3;/q-1;;+1/b6-3-;;. The van der Waals surface area contributed by atoms with Gasteiger partial charge in [-0.05, 0) is 12.6 Å². The second-order valence-corrected chi connectivity index (χ2v) is 2.11. The average Bonchev–Trinajstić information content (AvgIpc) is 2.22. The maximum absolute atomic E-state index is 4.09. The molecule has 1 aromatic heterocycles. The van der Waals surface area contributed by atoms with Crippen LogP contribution >= 0.6 is 0 Å². The largest absolute Gasteiger partial charge is 1.00 e. The predicted molar refractivity (Wildman–Crippen MR) is 59.2 cm³/mol. The summed E-state index contributed by atoms with van der Waals surface area (Å²) in [5.41, 5.74) is 1.96. The number of allylic oxidation sites excluding steroid dienone is 1. The molecule has 0 atom stereocenters. The van der Waals surface area contributed by atoms with E-state index in [1.165, 1.54) is 0 Å². The van der Waals surface area contributed by atoms with Crippen LogP contribution in [0.3, 0.4) is 0 Å². The molecule has 1 rings (SSSR count). The van der Waals surface area contributed by atoms with Crippen LogP contribution < -0.4 is 51.4 Å². The Morgan fingerprint density at radius 1 is 1.43 bits per heavy atom. The van der Waals surface area contributed by atoms with Crippen molar-refractivity contribution in [2.45, 2.75) is 20.8 Å². The number of pyridine rings is 1. The Labute approximate surface area is 130 Å². The maximum Gasteiger partial charge on any atom is 1.00 e. The van der Waals surface area contributed by atoms with Gasteiger partial charge in [0, 0.05) is 0 Å². The zero-order chi connectivity index (χ0) is 10.1.